The second kappa shape index (κ2) is 8.83. The zero-order valence-electron chi connectivity index (χ0n) is 17.2. The number of amides is 1. The molecule has 2 aromatic heterocycles. The number of nitrogens with zero attached hydrogens (tertiary/aromatic N) is 4. The Morgan fingerprint density at radius 3 is 2.69 bits per heavy atom. The zero-order chi connectivity index (χ0) is 22.8. The van der Waals surface area contributed by atoms with Gasteiger partial charge in [-0.15, -0.1) is 0 Å². The summed E-state index contributed by atoms with van der Waals surface area (Å²) in [5.41, 5.74) is 3.82. The van der Waals surface area contributed by atoms with Crippen molar-refractivity contribution in [1.82, 2.24) is 14.8 Å². The van der Waals surface area contributed by atoms with Gasteiger partial charge in [-0.3, -0.25) is 4.79 Å². The van der Waals surface area contributed by atoms with E-state index in [0.29, 0.717) is 21.4 Å². The van der Waals surface area contributed by atoms with Gasteiger partial charge < -0.3 is 5.32 Å². The first-order valence-corrected chi connectivity index (χ1v) is 10.4. The van der Waals surface area contributed by atoms with Crippen molar-refractivity contribution >= 4 is 51.9 Å². The van der Waals surface area contributed by atoms with Gasteiger partial charge in [-0.05, 0) is 54.8 Å². The van der Waals surface area contributed by atoms with Crippen LogP contribution in [-0.2, 0) is 4.79 Å². The number of hydrogen-bond acceptors (Lipinski definition) is 4. The molecule has 4 aromatic rings. The summed E-state index contributed by atoms with van der Waals surface area (Å²) >= 11 is 11.9. The van der Waals surface area contributed by atoms with Crippen LogP contribution < -0.4 is 5.32 Å². The van der Waals surface area contributed by atoms with Crippen molar-refractivity contribution in [2.75, 3.05) is 5.32 Å². The molecule has 0 bridgehead atoms. The number of nitriles is 1. The molecule has 0 saturated carbocycles. The number of benzene rings is 2. The molecular weight excluding hydrogens is 445 g/mol. The number of aryl methyl sites for hydroxylation is 2. The van der Waals surface area contributed by atoms with Crippen molar-refractivity contribution in [2.24, 2.45) is 0 Å². The van der Waals surface area contributed by atoms with Crippen LogP contribution in [0, 0.1) is 25.2 Å². The standard InChI is InChI=1S/C24H17Cl2N5O/c1-14-4-3-5-18-15(2)10-21(29-23(14)18)31-24(17(12-27)13-28-31)30-22(32)9-7-16-6-8-19(25)20(26)11-16/h3-11,13H,1-2H3,(H,30,32)/b9-7+. The summed E-state index contributed by atoms with van der Waals surface area (Å²) < 4.78 is 1.46. The largest absolute Gasteiger partial charge is 0.306 e. The van der Waals surface area contributed by atoms with Gasteiger partial charge in [0.05, 0.1) is 21.8 Å². The SMILES string of the molecule is Cc1cc(-n2ncc(C#N)c2NC(=O)/C=C/c2ccc(Cl)c(Cl)c2)nc2c(C)cccc12. The number of aromatic nitrogens is 3. The highest BCUT2D eigenvalue weighted by Gasteiger charge is 2.16. The van der Waals surface area contributed by atoms with Crippen LogP contribution in [0.2, 0.25) is 10.0 Å². The Labute approximate surface area is 194 Å². The van der Waals surface area contributed by atoms with Crippen molar-refractivity contribution in [3.05, 3.63) is 87.0 Å². The normalized spacial score (nSPS) is 11.1. The molecule has 0 saturated heterocycles. The first kappa shape index (κ1) is 21.6. The Kier molecular flexibility index (Phi) is 5.95. The Hall–Kier alpha value is -3.66. The Morgan fingerprint density at radius 1 is 1.12 bits per heavy atom. The molecule has 4 rings (SSSR count). The fraction of sp³-hybridized carbons (Fsp3) is 0.0833. The molecule has 0 radical (unpaired) electrons. The summed E-state index contributed by atoms with van der Waals surface area (Å²) in [4.78, 5) is 17.3. The average molecular weight is 462 g/mol. The first-order valence-electron chi connectivity index (χ1n) is 9.67. The van der Waals surface area contributed by atoms with E-state index < -0.39 is 5.91 Å². The minimum atomic E-state index is -0.428. The van der Waals surface area contributed by atoms with Crippen LogP contribution in [0.4, 0.5) is 5.82 Å². The van der Waals surface area contributed by atoms with Gasteiger partial charge >= 0.3 is 0 Å². The molecule has 1 N–H and O–H groups in total. The van der Waals surface area contributed by atoms with E-state index in [-0.39, 0.29) is 11.4 Å². The maximum atomic E-state index is 12.6. The first-order chi connectivity index (χ1) is 15.4. The van der Waals surface area contributed by atoms with Crippen molar-refractivity contribution in [2.45, 2.75) is 13.8 Å². The van der Waals surface area contributed by atoms with Gasteiger partial charge in [0, 0.05) is 11.5 Å². The molecular formula is C24H17Cl2N5O. The van der Waals surface area contributed by atoms with E-state index in [1.807, 2.05) is 38.1 Å². The van der Waals surface area contributed by atoms with Gasteiger partial charge in [-0.2, -0.15) is 15.0 Å². The van der Waals surface area contributed by atoms with Gasteiger partial charge in [0.2, 0.25) is 5.91 Å². The summed E-state index contributed by atoms with van der Waals surface area (Å²) in [6.45, 7) is 3.97. The van der Waals surface area contributed by atoms with E-state index in [1.165, 1.54) is 17.0 Å². The molecule has 0 atom stereocenters. The number of hydrogen-bond donors (Lipinski definition) is 1. The summed E-state index contributed by atoms with van der Waals surface area (Å²) in [5.74, 6) is 0.327. The maximum Gasteiger partial charge on any atom is 0.249 e. The fourth-order valence-corrected chi connectivity index (χ4v) is 3.63. The summed E-state index contributed by atoms with van der Waals surface area (Å²) in [6, 6.07) is 15.0. The van der Waals surface area contributed by atoms with E-state index >= 15 is 0 Å². The van der Waals surface area contributed by atoms with E-state index in [9.17, 15) is 10.1 Å². The molecule has 6 nitrogen and oxygen atoms in total. The number of fused-ring (bicyclic) bond motifs is 1. The van der Waals surface area contributed by atoms with Gasteiger partial charge in [-0.25, -0.2) is 4.98 Å². The molecule has 32 heavy (non-hydrogen) atoms. The monoisotopic (exact) mass is 461 g/mol. The van der Waals surface area contributed by atoms with Gasteiger partial charge in [-0.1, -0.05) is 47.5 Å². The van der Waals surface area contributed by atoms with Crippen molar-refractivity contribution in [3.8, 4) is 11.9 Å². The molecule has 2 aromatic carbocycles. The smallest absolute Gasteiger partial charge is 0.249 e. The molecule has 0 aliphatic heterocycles. The highest BCUT2D eigenvalue weighted by Crippen LogP contribution is 2.26. The van der Waals surface area contributed by atoms with Crippen LogP contribution in [0.15, 0.2) is 54.7 Å². The van der Waals surface area contributed by atoms with Crippen molar-refractivity contribution < 1.29 is 4.79 Å². The van der Waals surface area contributed by atoms with Gasteiger partial charge in [0.25, 0.3) is 0 Å². The molecule has 0 spiro atoms. The van der Waals surface area contributed by atoms with E-state index in [1.54, 1.807) is 24.3 Å². The second-order valence-electron chi connectivity index (χ2n) is 7.20. The molecule has 1 amide bonds. The third-order valence-electron chi connectivity index (χ3n) is 4.95. The number of pyridine rings is 1. The quantitative estimate of drug-likeness (QED) is 0.385. The molecule has 0 aliphatic carbocycles. The minimum absolute atomic E-state index is 0.227. The predicted molar refractivity (Wildman–Crippen MR) is 127 cm³/mol. The number of carbonyl (C=O) groups is 1. The van der Waals surface area contributed by atoms with Crippen LogP contribution in [0.5, 0.6) is 0 Å². The summed E-state index contributed by atoms with van der Waals surface area (Å²) in [6.07, 6.45) is 4.35. The number of halogens is 2. The predicted octanol–water partition coefficient (Wildman–Crippen LogP) is 5.87. The van der Waals surface area contributed by atoms with Crippen LogP contribution in [0.25, 0.3) is 22.8 Å². The maximum absolute atomic E-state index is 12.6. The van der Waals surface area contributed by atoms with Crippen molar-refractivity contribution in [3.63, 3.8) is 0 Å². The van der Waals surface area contributed by atoms with E-state index in [4.69, 9.17) is 28.2 Å². The Bertz CT molecular complexity index is 1430. The topological polar surface area (TPSA) is 83.6 Å². The lowest BCUT2D eigenvalue weighted by molar-refractivity contribution is -0.111. The highest BCUT2D eigenvalue weighted by atomic mass is 35.5. The van der Waals surface area contributed by atoms with Gasteiger partial charge in [0.1, 0.15) is 11.6 Å². The second-order valence-corrected chi connectivity index (χ2v) is 8.01. The number of para-hydroxylation sites is 1. The summed E-state index contributed by atoms with van der Waals surface area (Å²) in [5, 5.41) is 18.4. The highest BCUT2D eigenvalue weighted by molar-refractivity contribution is 6.42. The lowest BCUT2D eigenvalue weighted by Gasteiger charge is -2.11. The molecule has 0 unspecified atom stereocenters. The molecule has 8 heteroatoms. The van der Waals surface area contributed by atoms with Crippen LogP contribution in [0.3, 0.4) is 0 Å². The third-order valence-corrected chi connectivity index (χ3v) is 5.69. The molecule has 0 aliphatic rings. The lowest BCUT2D eigenvalue weighted by atomic mass is 10.1. The van der Waals surface area contributed by atoms with Gasteiger partial charge in [0.15, 0.2) is 11.6 Å². The minimum Gasteiger partial charge on any atom is -0.306 e. The van der Waals surface area contributed by atoms with Crippen LogP contribution in [0.1, 0.15) is 22.3 Å². The zero-order valence-corrected chi connectivity index (χ0v) is 18.7. The number of nitrogens with one attached hydrogen (secondary N) is 1. The number of carbonyl (C=O) groups excluding carboxylic acids is 1. The van der Waals surface area contributed by atoms with E-state index in [0.717, 1.165) is 22.0 Å². The Morgan fingerprint density at radius 2 is 1.94 bits per heavy atom. The van der Waals surface area contributed by atoms with Crippen molar-refractivity contribution in [1.29, 1.82) is 5.26 Å². The fourth-order valence-electron chi connectivity index (χ4n) is 3.32. The average Bonchev–Trinajstić information content (AvgIpc) is 3.17. The van der Waals surface area contributed by atoms with Crippen LogP contribution >= 0.6 is 23.2 Å². The lowest BCUT2D eigenvalue weighted by Crippen LogP contribution is -2.14. The third kappa shape index (κ3) is 4.22. The number of anilines is 1. The molecule has 2 heterocycles. The van der Waals surface area contributed by atoms with Crippen LogP contribution in [-0.4, -0.2) is 20.7 Å². The summed E-state index contributed by atoms with van der Waals surface area (Å²) in [7, 11) is 0. The molecule has 0 fully saturated rings. The molecule has 158 valence electrons. The van der Waals surface area contributed by atoms with E-state index in [2.05, 4.69) is 16.5 Å². The Balaban J connectivity index is 1.68. The number of rotatable bonds is 4.